The van der Waals surface area contributed by atoms with E-state index in [4.69, 9.17) is 4.74 Å². The number of methoxy groups -OCH3 is 1. The number of unbranched alkanes of at least 4 members (excludes halogenated alkanes) is 1. The highest BCUT2D eigenvalue weighted by Gasteiger charge is 2.03. The van der Waals surface area contributed by atoms with E-state index in [9.17, 15) is 0 Å². The summed E-state index contributed by atoms with van der Waals surface area (Å²) in [6.45, 7) is 3.14. The molecule has 2 aromatic rings. The summed E-state index contributed by atoms with van der Waals surface area (Å²) in [5.41, 5.74) is 0. The van der Waals surface area contributed by atoms with Gasteiger partial charge in [0.15, 0.2) is 0 Å². The van der Waals surface area contributed by atoms with Gasteiger partial charge in [0.05, 0.1) is 7.11 Å². The first-order chi connectivity index (χ1) is 8.35. The van der Waals surface area contributed by atoms with Crippen LogP contribution in [0.5, 0.6) is 5.75 Å². The van der Waals surface area contributed by atoms with Crippen molar-refractivity contribution < 1.29 is 4.74 Å². The summed E-state index contributed by atoms with van der Waals surface area (Å²) < 4.78 is 5.25. The number of nitrogens with zero attached hydrogens (tertiary/aromatic N) is 1. The number of rotatable bonds is 5. The molecule has 0 saturated heterocycles. The minimum absolute atomic E-state index is 0.865. The molecule has 0 saturated carbocycles. The van der Waals surface area contributed by atoms with Crippen LogP contribution in [0.15, 0.2) is 30.5 Å². The second kappa shape index (κ2) is 5.53. The average Bonchev–Trinajstić information content (AvgIpc) is 2.39. The first-order valence-corrected chi connectivity index (χ1v) is 6.01. The smallest absolute Gasteiger partial charge is 0.133 e. The normalized spacial score (nSPS) is 10.5. The van der Waals surface area contributed by atoms with Crippen LogP contribution >= 0.6 is 0 Å². The fourth-order valence-corrected chi connectivity index (χ4v) is 1.80. The van der Waals surface area contributed by atoms with Crippen molar-refractivity contribution in [2.45, 2.75) is 19.8 Å². The molecule has 3 heteroatoms. The number of pyridine rings is 1. The van der Waals surface area contributed by atoms with Crippen molar-refractivity contribution in [3.8, 4) is 5.75 Å². The second-order valence-electron chi connectivity index (χ2n) is 4.03. The van der Waals surface area contributed by atoms with Gasteiger partial charge < -0.3 is 10.1 Å². The third-order valence-electron chi connectivity index (χ3n) is 2.80. The van der Waals surface area contributed by atoms with Gasteiger partial charge in [-0.25, -0.2) is 4.98 Å². The molecule has 0 aliphatic heterocycles. The molecule has 1 N–H and O–H groups in total. The highest BCUT2D eigenvalue weighted by atomic mass is 16.5. The van der Waals surface area contributed by atoms with Gasteiger partial charge in [0.25, 0.3) is 0 Å². The Morgan fingerprint density at radius 2 is 2.18 bits per heavy atom. The molecule has 0 unspecified atom stereocenters. The maximum Gasteiger partial charge on any atom is 0.133 e. The van der Waals surface area contributed by atoms with Gasteiger partial charge in [-0.3, -0.25) is 0 Å². The fourth-order valence-electron chi connectivity index (χ4n) is 1.80. The lowest BCUT2D eigenvalue weighted by molar-refractivity contribution is 0.415. The minimum Gasteiger partial charge on any atom is -0.497 e. The summed E-state index contributed by atoms with van der Waals surface area (Å²) in [5.74, 6) is 1.80. The molecule has 0 atom stereocenters. The summed E-state index contributed by atoms with van der Waals surface area (Å²) in [6, 6.07) is 8.06. The molecular formula is C14H18N2O. The third-order valence-corrected chi connectivity index (χ3v) is 2.80. The molecule has 0 bridgehead atoms. The van der Waals surface area contributed by atoms with E-state index in [1.165, 1.54) is 11.8 Å². The van der Waals surface area contributed by atoms with Crippen molar-refractivity contribution in [1.82, 2.24) is 4.98 Å². The Morgan fingerprint density at radius 3 is 2.94 bits per heavy atom. The van der Waals surface area contributed by atoms with E-state index in [0.717, 1.165) is 29.9 Å². The predicted octanol–water partition coefficient (Wildman–Crippen LogP) is 3.46. The van der Waals surface area contributed by atoms with Crippen molar-refractivity contribution in [2.24, 2.45) is 0 Å². The Bertz CT molecular complexity index is 497. The Morgan fingerprint density at radius 1 is 1.29 bits per heavy atom. The largest absolute Gasteiger partial charge is 0.497 e. The summed E-state index contributed by atoms with van der Waals surface area (Å²) in [7, 11) is 1.68. The number of hydrogen-bond acceptors (Lipinski definition) is 3. The quantitative estimate of drug-likeness (QED) is 0.799. The predicted molar refractivity (Wildman–Crippen MR) is 71.7 cm³/mol. The number of aromatic nitrogens is 1. The molecule has 0 amide bonds. The molecule has 0 fully saturated rings. The average molecular weight is 230 g/mol. The highest BCUT2D eigenvalue weighted by Crippen LogP contribution is 2.25. The van der Waals surface area contributed by atoms with E-state index in [1.54, 1.807) is 7.11 Å². The molecule has 3 nitrogen and oxygen atoms in total. The monoisotopic (exact) mass is 230 g/mol. The van der Waals surface area contributed by atoms with E-state index in [1.807, 2.05) is 24.4 Å². The number of hydrogen-bond donors (Lipinski definition) is 1. The SMILES string of the molecule is CCCCNc1nccc2ccc(OC)cc12. The summed E-state index contributed by atoms with van der Waals surface area (Å²) >= 11 is 0. The molecule has 0 radical (unpaired) electrons. The number of benzene rings is 1. The number of fused-ring (bicyclic) bond motifs is 1. The Hall–Kier alpha value is -1.77. The van der Waals surface area contributed by atoms with E-state index < -0.39 is 0 Å². The van der Waals surface area contributed by atoms with Gasteiger partial charge in [-0.15, -0.1) is 0 Å². The molecule has 0 aliphatic carbocycles. The summed E-state index contributed by atoms with van der Waals surface area (Å²) in [6.07, 6.45) is 4.17. The molecule has 1 aromatic carbocycles. The lowest BCUT2D eigenvalue weighted by Crippen LogP contribution is -2.03. The van der Waals surface area contributed by atoms with Gasteiger partial charge in [-0.1, -0.05) is 19.4 Å². The number of anilines is 1. The standard InChI is InChI=1S/C14H18N2O/c1-3-4-8-15-14-13-10-12(17-2)6-5-11(13)7-9-16-14/h5-7,9-10H,3-4,8H2,1-2H3,(H,15,16). The van der Waals surface area contributed by atoms with Gasteiger partial charge in [-0.05, 0) is 30.0 Å². The Kier molecular flexibility index (Phi) is 3.81. The molecule has 0 spiro atoms. The maximum absolute atomic E-state index is 5.25. The van der Waals surface area contributed by atoms with Crippen LogP contribution in [0.4, 0.5) is 5.82 Å². The Balaban J connectivity index is 2.33. The van der Waals surface area contributed by atoms with Crippen LogP contribution in [0, 0.1) is 0 Å². The van der Waals surface area contributed by atoms with Gasteiger partial charge in [0, 0.05) is 18.1 Å². The molecule has 17 heavy (non-hydrogen) atoms. The first kappa shape index (κ1) is 11.7. The van der Waals surface area contributed by atoms with Gasteiger partial charge >= 0.3 is 0 Å². The molecular weight excluding hydrogens is 212 g/mol. The topological polar surface area (TPSA) is 34.2 Å². The van der Waals surface area contributed by atoms with Crippen LogP contribution in [0.1, 0.15) is 19.8 Å². The third kappa shape index (κ3) is 2.67. The van der Waals surface area contributed by atoms with E-state index in [2.05, 4.69) is 23.3 Å². The van der Waals surface area contributed by atoms with E-state index >= 15 is 0 Å². The zero-order chi connectivity index (χ0) is 12.1. The van der Waals surface area contributed by atoms with E-state index in [-0.39, 0.29) is 0 Å². The van der Waals surface area contributed by atoms with Crippen molar-refractivity contribution in [3.05, 3.63) is 30.5 Å². The fraction of sp³-hybridized carbons (Fsp3) is 0.357. The molecule has 90 valence electrons. The number of nitrogens with one attached hydrogen (secondary N) is 1. The minimum atomic E-state index is 0.865. The molecule has 0 aliphatic rings. The van der Waals surface area contributed by atoms with Crippen LogP contribution in [-0.2, 0) is 0 Å². The van der Waals surface area contributed by atoms with Gasteiger partial charge in [0.1, 0.15) is 11.6 Å². The van der Waals surface area contributed by atoms with Crippen molar-refractivity contribution in [1.29, 1.82) is 0 Å². The highest BCUT2D eigenvalue weighted by molar-refractivity contribution is 5.92. The zero-order valence-electron chi connectivity index (χ0n) is 10.4. The van der Waals surface area contributed by atoms with Crippen LogP contribution in [0.3, 0.4) is 0 Å². The summed E-state index contributed by atoms with van der Waals surface area (Å²) in [4.78, 5) is 4.39. The van der Waals surface area contributed by atoms with Crippen molar-refractivity contribution in [2.75, 3.05) is 19.0 Å². The molecule has 1 heterocycles. The van der Waals surface area contributed by atoms with E-state index in [0.29, 0.717) is 0 Å². The molecule has 1 aromatic heterocycles. The summed E-state index contributed by atoms with van der Waals surface area (Å²) in [5, 5.41) is 5.67. The lowest BCUT2D eigenvalue weighted by Gasteiger charge is -2.09. The zero-order valence-corrected chi connectivity index (χ0v) is 10.4. The Labute approximate surface area is 102 Å². The van der Waals surface area contributed by atoms with Crippen LogP contribution in [0.2, 0.25) is 0 Å². The first-order valence-electron chi connectivity index (χ1n) is 6.01. The van der Waals surface area contributed by atoms with Gasteiger partial charge in [-0.2, -0.15) is 0 Å². The lowest BCUT2D eigenvalue weighted by atomic mass is 10.1. The second-order valence-corrected chi connectivity index (χ2v) is 4.03. The number of ether oxygens (including phenoxy) is 1. The van der Waals surface area contributed by atoms with Crippen LogP contribution in [-0.4, -0.2) is 18.6 Å². The van der Waals surface area contributed by atoms with Gasteiger partial charge in [0.2, 0.25) is 0 Å². The maximum atomic E-state index is 5.25. The molecule has 2 rings (SSSR count). The van der Waals surface area contributed by atoms with Crippen molar-refractivity contribution >= 4 is 16.6 Å². The van der Waals surface area contributed by atoms with Crippen molar-refractivity contribution in [3.63, 3.8) is 0 Å². The van der Waals surface area contributed by atoms with Crippen LogP contribution < -0.4 is 10.1 Å². The van der Waals surface area contributed by atoms with Crippen LogP contribution in [0.25, 0.3) is 10.8 Å².